The lowest BCUT2D eigenvalue weighted by Crippen LogP contribution is -2.23. The molecule has 2 aromatic carbocycles. The highest BCUT2D eigenvalue weighted by atomic mass is 32.1. The summed E-state index contributed by atoms with van der Waals surface area (Å²) in [6.07, 6.45) is 2.90. The van der Waals surface area contributed by atoms with Crippen LogP contribution in [0.5, 0.6) is 0 Å². The van der Waals surface area contributed by atoms with Crippen molar-refractivity contribution in [2.45, 2.75) is 52.3 Å². The van der Waals surface area contributed by atoms with Crippen LogP contribution < -0.4 is 10.9 Å². The van der Waals surface area contributed by atoms with Gasteiger partial charge in [-0.2, -0.15) is 0 Å². The molecule has 1 heterocycles. The number of H-pyrrole nitrogens is 1. The van der Waals surface area contributed by atoms with Crippen molar-refractivity contribution in [2.24, 2.45) is 0 Å². The first-order chi connectivity index (χ1) is 15.1. The third-order valence-corrected chi connectivity index (χ3v) is 5.48. The van der Waals surface area contributed by atoms with Crippen molar-refractivity contribution >= 4 is 29.0 Å². The molecule has 0 aliphatic heterocycles. The summed E-state index contributed by atoms with van der Waals surface area (Å²) < 4.78 is 7.43. The Morgan fingerprint density at radius 3 is 2.58 bits per heavy atom. The van der Waals surface area contributed by atoms with Crippen LogP contribution in [0.2, 0.25) is 0 Å². The van der Waals surface area contributed by atoms with Gasteiger partial charge in [-0.05, 0) is 55.2 Å². The molecule has 3 aromatic rings. The molecule has 6 nitrogen and oxygen atoms in total. The van der Waals surface area contributed by atoms with E-state index in [1.807, 2.05) is 49.4 Å². The Morgan fingerprint density at radius 2 is 1.81 bits per heavy atom. The second-order valence-electron chi connectivity index (χ2n) is 7.47. The van der Waals surface area contributed by atoms with Crippen molar-refractivity contribution in [3.05, 3.63) is 74.8 Å². The van der Waals surface area contributed by atoms with Crippen molar-refractivity contribution in [1.82, 2.24) is 14.9 Å². The zero-order valence-electron chi connectivity index (χ0n) is 17.9. The number of aromatic nitrogens is 2. The molecule has 0 spiro atoms. The molecule has 0 atom stereocenters. The van der Waals surface area contributed by atoms with Gasteiger partial charge in [0.25, 0.3) is 5.56 Å². The maximum Gasteiger partial charge on any atom is 0.262 e. The maximum absolute atomic E-state index is 12.6. The molecular formula is C24H29N3O3S. The number of carbonyl (C=O) groups excluding carboxylic acids is 1. The van der Waals surface area contributed by atoms with Crippen LogP contribution in [-0.2, 0) is 29.2 Å². The molecule has 0 aliphatic rings. The van der Waals surface area contributed by atoms with Crippen LogP contribution >= 0.6 is 12.2 Å². The summed E-state index contributed by atoms with van der Waals surface area (Å²) in [6, 6.07) is 15.5. The fourth-order valence-corrected chi connectivity index (χ4v) is 3.68. The number of nitrogens with zero attached hydrogens (tertiary/aromatic N) is 1. The van der Waals surface area contributed by atoms with E-state index in [0.29, 0.717) is 42.9 Å². The average molecular weight is 440 g/mol. The van der Waals surface area contributed by atoms with E-state index in [0.717, 1.165) is 35.9 Å². The van der Waals surface area contributed by atoms with E-state index < -0.39 is 0 Å². The van der Waals surface area contributed by atoms with Gasteiger partial charge in [0.2, 0.25) is 5.91 Å². The molecule has 0 saturated heterocycles. The summed E-state index contributed by atoms with van der Waals surface area (Å²) in [6.45, 7) is 4.36. The van der Waals surface area contributed by atoms with E-state index in [2.05, 4.69) is 10.3 Å². The van der Waals surface area contributed by atoms with Crippen LogP contribution in [0.1, 0.15) is 43.7 Å². The summed E-state index contributed by atoms with van der Waals surface area (Å²) in [5.74, 6) is 0.0403. The van der Waals surface area contributed by atoms with Crippen LogP contribution in [0.15, 0.2) is 53.3 Å². The summed E-state index contributed by atoms with van der Waals surface area (Å²) in [5.41, 5.74) is 2.89. The molecule has 3 rings (SSSR count). The Labute approximate surface area is 187 Å². The molecule has 0 saturated carbocycles. The highest BCUT2D eigenvalue weighted by Gasteiger charge is 2.06. The van der Waals surface area contributed by atoms with Crippen LogP contribution in [0.3, 0.4) is 0 Å². The normalized spacial score (nSPS) is 11.0. The minimum atomic E-state index is -0.0654. The molecule has 0 aliphatic carbocycles. The lowest BCUT2D eigenvalue weighted by Gasteiger charge is -2.09. The third kappa shape index (κ3) is 6.60. The predicted octanol–water partition coefficient (Wildman–Crippen LogP) is 4.47. The van der Waals surface area contributed by atoms with Gasteiger partial charge in [0.15, 0.2) is 4.77 Å². The second-order valence-corrected chi connectivity index (χ2v) is 7.86. The van der Waals surface area contributed by atoms with E-state index in [4.69, 9.17) is 17.0 Å². The van der Waals surface area contributed by atoms with Crippen molar-refractivity contribution in [3.63, 3.8) is 0 Å². The first-order valence-corrected chi connectivity index (χ1v) is 11.1. The number of unbranched alkanes of at least 4 members (excludes halogenated alkanes) is 2. The lowest BCUT2D eigenvalue weighted by atomic mass is 10.1. The molecule has 2 N–H and O–H groups in total. The number of amides is 1. The third-order valence-electron chi connectivity index (χ3n) is 5.16. The Morgan fingerprint density at radius 1 is 1.06 bits per heavy atom. The molecule has 0 unspecified atom stereocenters. The van der Waals surface area contributed by atoms with Crippen LogP contribution in [0, 0.1) is 4.77 Å². The number of nitrogens with one attached hydrogen (secondary N) is 2. The largest absolute Gasteiger partial charge is 0.377 e. The van der Waals surface area contributed by atoms with E-state index in [1.54, 1.807) is 10.6 Å². The van der Waals surface area contributed by atoms with Crippen LogP contribution in [-0.4, -0.2) is 22.1 Å². The molecule has 0 bridgehead atoms. The fourth-order valence-electron chi connectivity index (χ4n) is 3.40. The fraction of sp³-hybridized carbons (Fsp3) is 0.375. The number of hydrogen-bond donors (Lipinski definition) is 2. The average Bonchev–Trinajstić information content (AvgIpc) is 2.78. The van der Waals surface area contributed by atoms with Gasteiger partial charge in [-0.15, -0.1) is 0 Å². The molecule has 1 amide bonds. The van der Waals surface area contributed by atoms with E-state index in [9.17, 15) is 9.59 Å². The number of hydrogen-bond acceptors (Lipinski definition) is 4. The van der Waals surface area contributed by atoms with E-state index >= 15 is 0 Å². The highest BCUT2D eigenvalue weighted by molar-refractivity contribution is 7.71. The summed E-state index contributed by atoms with van der Waals surface area (Å²) in [4.78, 5) is 27.8. The Balaban J connectivity index is 1.38. The van der Waals surface area contributed by atoms with Gasteiger partial charge in [-0.25, -0.2) is 0 Å². The van der Waals surface area contributed by atoms with Gasteiger partial charge in [0, 0.05) is 26.1 Å². The predicted molar refractivity (Wildman–Crippen MR) is 125 cm³/mol. The van der Waals surface area contributed by atoms with E-state index in [1.165, 1.54) is 0 Å². The number of ether oxygens (including phenoxy) is 1. The van der Waals surface area contributed by atoms with E-state index in [-0.39, 0.29) is 11.5 Å². The Bertz CT molecular complexity index is 1120. The van der Waals surface area contributed by atoms with Crippen molar-refractivity contribution in [3.8, 4) is 0 Å². The molecule has 1 aromatic heterocycles. The first kappa shape index (κ1) is 22.9. The van der Waals surface area contributed by atoms with Crippen LogP contribution in [0.4, 0.5) is 0 Å². The van der Waals surface area contributed by atoms with Crippen LogP contribution in [0.25, 0.3) is 10.9 Å². The number of carbonyl (C=O) groups is 1. The van der Waals surface area contributed by atoms with Crippen molar-refractivity contribution in [2.75, 3.05) is 6.61 Å². The van der Waals surface area contributed by atoms with Crippen molar-refractivity contribution in [1.29, 1.82) is 0 Å². The quantitative estimate of drug-likeness (QED) is 0.341. The van der Waals surface area contributed by atoms with Gasteiger partial charge < -0.3 is 15.0 Å². The number of para-hydroxylation sites is 1. The monoisotopic (exact) mass is 439 g/mol. The molecular weight excluding hydrogens is 410 g/mol. The maximum atomic E-state index is 12.6. The lowest BCUT2D eigenvalue weighted by molar-refractivity contribution is -0.121. The number of fused-ring (bicyclic) bond motifs is 1. The SMILES string of the molecule is CCOCc1ccc(CNC(=O)CCCCCn2c(=S)[nH]c3ccccc3c2=O)cc1. The van der Waals surface area contributed by atoms with Gasteiger partial charge in [0.1, 0.15) is 0 Å². The zero-order valence-corrected chi connectivity index (χ0v) is 18.7. The number of rotatable bonds is 11. The summed E-state index contributed by atoms with van der Waals surface area (Å²) in [7, 11) is 0. The van der Waals surface area contributed by atoms with Gasteiger partial charge in [-0.1, -0.05) is 42.8 Å². The van der Waals surface area contributed by atoms with Crippen molar-refractivity contribution < 1.29 is 9.53 Å². The zero-order chi connectivity index (χ0) is 22.1. The molecule has 7 heteroatoms. The molecule has 31 heavy (non-hydrogen) atoms. The number of aromatic amines is 1. The Kier molecular flexibility index (Phi) is 8.55. The summed E-state index contributed by atoms with van der Waals surface area (Å²) in [5, 5.41) is 3.60. The Hall–Kier alpha value is -2.77. The molecule has 0 radical (unpaired) electrons. The minimum absolute atomic E-state index is 0.0403. The molecule has 0 fully saturated rings. The minimum Gasteiger partial charge on any atom is -0.377 e. The second kappa shape index (κ2) is 11.6. The van der Waals surface area contributed by atoms with Gasteiger partial charge in [-0.3, -0.25) is 14.2 Å². The highest BCUT2D eigenvalue weighted by Crippen LogP contribution is 2.09. The first-order valence-electron chi connectivity index (χ1n) is 10.7. The number of benzene rings is 2. The van der Waals surface area contributed by atoms with Gasteiger partial charge in [0.05, 0.1) is 17.5 Å². The molecule has 164 valence electrons. The topological polar surface area (TPSA) is 76.1 Å². The summed E-state index contributed by atoms with van der Waals surface area (Å²) >= 11 is 5.33. The standard InChI is InChI=1S/C24H29N3O3S/c1-2-30-17-19-13-11-18(12-14-19)16-25-22(28)10-4-3-7-15-27-23(29)20-8-5-6-9-21(20)26-24(27)31/h5-6,8-9,11-14H,2-4,7,10,15-17H2,1H3,(H,25,28)(H,26,31). The van der Waals surface area contributed by atoms with Gasteiger partial charge >= 0.3 is 0 Å². The smallest absolute Gasteiger partial charge is 0.262 e.